The molecule has 3 N–H and O–H groups in total. The van der Waals surface area contributed by atoms with Gasteiger partial charge in [0.2, 0.25) is 10.0 Å². The van der Waals surface area contributed by atoms with Gasteiger partial charge in [-0.25, -0.2) is 13.6 Å². The van der Waals surface area contributed by atoms with Gasteiger partial charge in [-0.2, -0.15) is 13.2 Å². The lowest BCUT2D eigenvalue weighted by atomic mass is 9.93. The van der Waals surface area contributed by atoms with Crippen LogP contribution in [-0.2, 0) is 16.2 Å². The van der Waals surface area contributed by atoms with E-state index in [-0.39, 0.29) is 18.5 Å². The first kappa shape index (κ1) is 15.3. The molecule has 0 amide bonds. The molecule has 0 radical (unpaired) electrons. The number of hydrogen-bond donors (Lipinski definition) is 2. The van der Waals surface area contributed by atoms with Gasteiger partial charge in [-0.1, -0.05) is 18.2 Å². The maximum absolute atomic E-state index is 12.9. The maximum Gasteiger partial charge on any atom is 0.416 e. The van der Waals surface area contributed by atoms with Crippen LogP contribution in [0.5, 0.6) is 0 Å². The van der Waals surface area contributed by atoms with Gasteiger partial charge >= 0.3 is 6.18 Å². The van der Waals surface area contributed by atoms with Crippen LogP contribution in [0.25, 0.3) is 0 Å². The van der Waals surface area contributed by atoms with Crippen molar-refractivity contribution in [3.05, 3.63) is 35.4 Å². The van der Waals surface area contributed by atoms with E-state index in [9.17, 15) is 21.6 Å². The van der Waals surface area contributed by atoms with Gasteiger partial charge in [-0.3, -0.25) is 0 Å². The van der Waals surface area contributed by atoms with Crippen LogP contribution >= 0.6 is 0 Å². The fourth-order valence-corrected chi connectivity index (χ4v) is 3.23. The van der Waals surface area contributed by atoms with Gasteiger partial charge in [0, 0.05) is 12.6 Å². The van der Waals surface area contributed by atoms with Crippen LogP contribution in [0.4, 0.5) is 13.2 Å². The summed E-state index contributed by atoms with van der Waals surface area (Å²) >= 11 is 0. The third-order valence-electron chi connectivity index (χ3n) is 3.48. The SMILES string of the molecule is NS(=O)(=O)C1CCC(c2ccccc2C(F)(F)F)NC1. The Morgan fingerprint density at radius 1 is 1.20 bits per heavy atom. The molecule has 4 nitrogen and oxygen atoms in total. The second-order valence-electron chi connectivity index (χ2n) is 4.83. The Kier molecular flexibility index (Phi) is 4.08. The third kappa shape index (κ3) is 3.31. The normalized spacial score (nSPS) is 24.6. The number of primary sulfonamides is 1. The summed E-state index contributed by atoms with van der Waals surface area (Å²) in [5, 5.41) is 7.15. The number of nitrogens with two attached hydrogens (primary N) is 1. The van der Waals surface area contributed by atoms with E-state index in [4.69, 9.17) is 5.14 Å². The average molecular weight is 308 g/mol. The predicted molar refractivity (Wildman–Crippen MR) is 68.3 cm³/mol. The van der Waals surface area contributed by atoms with Crippen molar-refractivity contribution >= 4 is 10.0 Å². The van der Waals surface area contributed by atoms with E-state index in [0.717, 1.165) is 6.07 Å². The van der Waals surface area contributed by atoms with E-state index in [0.29, 0.717) is 6.42 Å². The number of nitrogens with one attached hydrogen (secondary N) is 1. The summed E-state index contributed by atoms with van der Waals surface area (Å²) in [7, 11) is -3.65. The molecule has 2 atom stereocenters. The summed E-state index contributed by atoms with van der Waals surface area (Å²) in [6, 6.07) is 4.81. The largest absolute Gasteiger partial charge is 0.416 e. The molecule has 20 heavy (non-hydrogen) atoms. The molecule has 1 heterocycles. The Hall–Kier alpha value is -1.12. The highest BCUT2D eigenvalue weighted by Crippen LogP contribution is 2.36. The van der Waals surface area contributed by atoms with Crippen LogP contribution in [0.15, 0.2) is 24.3 Å². The van der Waals surface area contributed by atoms with Gasteiger partial charge in [0.25, 0.3) is 0 Å². The van der Waals surface area contributed by atoms with Gasteiger partial charge < -0.3 is 5.32 Å². The minimum absolute atomic E-state index is 0.0652. The van der Waals surface area contributed by atoms with E-state index in [1.165, 1.54) is 18.2 Å². The highest BCUT2D eigenvalue weighted by molar-refractivity contribution is 7.89. The van der Waals surface area contributed by atoms with Crippen molar-refractivity contribution in [3.63, 3.8) is 0 Å². The minimum Gasteiger partial charge on any atom is -0.309 e. The van der Waals surface area contributed by atoms with Gasteiger partial charge in [0.05, 0.1) is 10.8 Å². The van der Waals surface area contributed by atoms with E-state index < -0.39 is 33.1 Å². The Morgan fingerprint density at radius 3 is 2.35 bits per heavy atom. The lowest BCUT2D eigenvalue weighted by Crippen LogP contribution is -2.43. The summed E-state index contributed by atoms with van der Waals surface area (Å²) < 4.78 is 61.2. The van der Waals surface area contributed by atoms with Crippen molar-refractivity contribution < 1.29 is 21.6 Å². The minimum atomic E-state index is -4.42. The molecule has 0 saturated carbocycles. The molecule has 1 aromatic carbocycles. The summed E-state index contributed by atoms with van der Waals surface area (Å²) in [5.41, 5.74) is -0.542. The van der Waals surface area contributed by atoms with Crippen LogP contribution in [-0.4, -0.2) is 20.2 Å². The molecule has 1 saturated heterocycles. The smallest absolute Gasteiger partial charge is 0.309 e. The maximum atomic E-state index is 12.9. The molecule has 0 bridgehead atoms. The molecule has 0 spiro atoms. The van der Waals surface area contributed by atoms with Crippen LogP contribution in [0.1, 0.15) is 30.0 Å². The summed E-state index contributed by atoms with van der Waals surface area (Å²) in [6.07, 6.45) is -3.87. The van der Waals surface area contributed by atoms with Crippen molar-refractivity contribution in [1.82, 2.24) is 5.32 Å². The first-order valence-corrected chi connectivity index (χ1v) is 7.71. The van der Waals surface area contributed by atoms with E-state index >= 15 is 0 Å². The highest BCUT2D eigenvalue weighted by Gasteiger charge is 2.36. The zero-order chi connectivity index (χ0) is 15.0. The van der Waals surface area contributed by atoms with Crippen LogP contribution in [0, 0.1) is 0 Å². The fourth-order valence-electron chi connectivity index (χ4n) is 2.44. The highest BCUT2D eigenvalue weighted by atomic mass is 32.2. The molecule has 1 aromatic rings. The summed E-state index contributed by atoms with van der Waals surface area (Å²) in [4.78, 5) is 0. The molecule has 2 unspecified atom stereocenters. The number of benzene rings is 1. The number of rotatable bonds is 2. The second-order valence-corrected chi connectivity index (χ2v) is 6.68. The van der Waals surface area contributed by atoms with Crippen molar-refractivity contribution in [2.45, 2.75) is 30.3 Å². The molecule has 1 aliphatic rings. The quantitative estimate of drug-likeness (QED) is 0.875. The van der Waals surface area contributed by atoms with Gasteiger partial charge in [-0.15, -0.1) is 0 Å². The third-order valence-corrected chi connectivity index (χ3v) is 4.81. The average Bonchev–Trinajstić information content (AvgIpc) is 2.37. The lowest BCUT2D eigenvalue weighted by Gasteiger charge is -2.30. The molecular weight excluding hydrogens is 293 g/mol. The van der Waals surface area contributed by atoms with Crippen LogP contribution in [0.2, 0.25) is 0 Å². The monoisotopic (exact) mass is 308 g/mol. The number of halogens is 3. The van der Waals surface area contributed by atoms with Crippen molar-refractivity contribution in [2.75, 3.05) is 6.54 Å². The fraction of sp³-hybridized carbons (Fsp3) is 0.500. The predicted octanol–water partition coefficient (Wildman–Crippen LogP) is 1.79. The van der Waals surface area contributed by atoms with Crippen molar-refractivity contribution in [1.29, 1.82) is 0 Å². The lowest BCUT2D eigenvalue weighted by molar-refractivity contribution is -0.138. The Bertz CT molecular complexity index is 579. The summed E-state index contributed by atoms with van der Waals surface area (Å²) in [6.45, 7) is 0.0652. The number of sulfonamides is 1. The van der Waals surface area contributed by atoms with Crippen LogP contribution < -0.4 is 10.5 Å². The molecule has 8 heteroatoms. The van der Waals surface area contributed by atoms with Gasteiger partial charge in [0.15, 0.2) is 0 Å². The van der Waals surface area contributed by atoms with E-state index in [2.05, 4.69) is 5.32 Å². The molecule has 1 aliphatic heterocycles. The zero-order valence-electron chi connectivity index (χ0n) is 10.5. The van der Waals surface area contributed by atoms with Crippen LogP contribution in [0.3, 0.4) is 0 Å². The molecule has 2 rings (SSSR count). The van der Waals surface area contributed by atoms with Gasteiger partial charge in [-0.05, 0) is 24.5 Å². The Morgan fingerprint density at radius 2 is 1.85 bits per heavy atom. The zero-order valence-corrected chi connectivity index (χ0v) is 11.3. The molecule has 112 valence electrons. The second kappa shape index (κ2) is 5.34. The van der Waals surface area contributed by atoms with Crippen molar-refractivity contribution in [2.24, 2.45) is 5.14 Å². The van der Waals surface area contributed by atoms with Crippen molar-refractivity contribution in [3.8, 4) is 0 Å². The first-order chi connectivity index (χ1) is 9.19. The summed E-state index contributed by atoms with van der Waals surface area (Å²) in [5.74, 6) is 0. The first-order valence-electron chi connectivity index (χ1n) is 6.10. The Balaban J connectivity index is 2.20. The van der Waals surface area contributed by atoms with E-state index in [1.54, 1.807) is 0 Å². The molecule has 0 aromatic heterocycles. The topological polar surface area (TPSA) is 72.2 Å². The Labute approximate surface area is 115 Å². The number of hydrogen-bond acceptors (Lipinski definition) is 3. The molecule has 0 aliphatic carbocycles. The number of alkyl halides is 3. The number of piperidine rings is 1. The standard InChI is InChI=1S/C12H15F3N2O2S/c13-12(14,15)10-4-2-1-3-9(10)11-6-5-8(7-17-11)20(16,18)19/h1-4,8,11,17H,5-7H2,(H2,16,18,19). The molecular formula is C12H15F3N2O2S. The van der Waals surface area contributed by atoms with Gasteiger partial charge in [0.1, 0.15) is 0 Å². The molecule has 1 fully saturated rings. The van der Waals surface area contributed by atoms with E-state index in [1.807, 2.05) is 0 Å².